The molecule has 1 aliphatic rings. The van der Waals surface area contributed by atoms with Gasteiger partial charge in [-0.05, 0) is 18.5 Å². The lowest BCUT2D eigenvalue weighted by Crippen LogP contribution is -2.22. The van der Waals surface area contributed by atoms with Crippen LogP contribution in [0, 0.1) is 0 Å². The molecule has 0 aromatic rings. The maximum Gasteiger partial charge on any atom is 0.0703 e. The van der Waals surface area contributed by atoms with E-state index in [1.165, 1.54) is 6.21 Å². The topological polar surface area (TPSA) is 44.6 Å². The highest BCUT2D eigenvalue weighted by Gasteiger charge is 1.97. The van der Waals surface area contributed by atoms with Gasteiger partial charge in [0.2, 0.25) is 0 Å². The van der Waals surface area contributed by atoms with Crippen LogP contribution in [0.2, 0.25) is 0 Å². The van der Waals surface area contributed by atoms with E-state index in [2.05, 4.69) is 16.5 Å². The quantitative estimate of drug-likeness (QED) is 0.303. The Balaban J connectivity index is 2.46. The number of hydrogen-bond acceptors (Lipinski definition) is 3. The molecule has 1 heterocycles. The molecule has 0 fully saturated rings. The highest BCUT2D eigenvalue weighted by Crippen LogP contribution is 1.96. The van der Waals surface area contributed by atoms with Crippen molar-refractivity contribution >= 4 is 6.21 Å². The van der Waals surface area contributed by atoms with Gasteiger partial charge in [0.15, 0.2) is 0 Å². The van der Waals surface area contributed by atoms with Crippen LogP contribution in [0.5, 0.6) is 0 Å². The van der Waals surface area contributed by atoms with Crippen LogP contribution >= 0.6 is 0 Å². The highest BCUT2D eigenvalue weighted by molar-refractivity contribution is 5.78. The van der Waals surface area contributed by atoms with Crippen molar-refractivity contribution in [2.75, 3.05) is 13.1 Å². The Labute approximate surface area is 54.1 Å². The van der Waals surface area contributed by atoms with E-state index in [0.717, 1.165) is 25.1 Å². The van der Waals surface area contributed by atoms with Crippen molar-refractivity contribution in [2.24, 2.45) is 5.16 Å². The van der Waals surface area contributed by atoms with Crippen molar-refractivity contribution < 1.29 is 5.21 Å². The van der Waals surface area contributed by atoms with Gasteiger partial charge in [-0.2, -0.15) is 0 Å². The fraction of sp³-hybridized carbons (Fsp3) is 0.500. The van der Waals surface area contributed by atoms with Crippen molar-refractivity contribution in [1.29, 1.82) is 0 Å². The molecule has 0 bridgehead atoms. The zero-order chi connectivity index (χ0) is 6.53. The monoisotopic (exact) mass is 126 g/mol. The molecule has 3 nitrogen and oxygen atoms in total. The summed E-state index contributed by atoms with van der Waals surface area (Å²) in [5.41, 5.74) is 1.06. The van der Waals surface area contributed by atoms with Crippen LogP contribution in [0.25, 0.3) is 0 Å². The number of oxime groups is 1. The first-order valence-electron chi connectivity index (χ1n) is 3.00. The van der Waals surface area contributed by atoms with Gasteiger partial charge in [0.05, 0.1) is 6.21 Å². The lowest BCUT2D eigenvalue weighted by Gasteiger charge is -2.08. The average Bonchev–Trinajstić information content (AvgIpc) is 1.91. The molecule has 0 saturated heterocycles. The third-order valence-corrected chi connectivity index (χ3v) is 1.28. The molecule has 0 atom stereocenters. The summed E-state index contributed by atoms with van der Waals surface area (Å²) < 4.78 is 0. The average molecular weight is 126 g/mol. The van der Waals surface area contributed by atoms with Crippen LogP contribution in [0.3, 0.4) is 0 Å². The van der Waals surface area contributed by atoms with E-state index < -0.39 is 0 Å². The first-order chi connectivity index (χ1) is 4.43. The molecule has 0 unspecified atom stereocenters. The minimum Gasteiger partial charge on any atom is -0.411 e. The van der Waals surface area contributed by atoms with Crippen molar-refractivity contribution in [3.05, 3.63) is 11.6 Å². The normalized spacial score (nSPS) is 20.2. The maximum atomic E-state index is 8.12. The summed E-state index contributed by atoms with van der Waals surface area (Å²) >= 11 is 0. The minimum atomic E-state index is 0.823. The third-order valence-electron chi connectivity index (χ3n) is 1.28. The summed E-state index contributed by atoms with van der Waals surface area (Å²) in [6.45, 7) is 1.85. The summed E-state index contributed by atoms with van der Waals surface area (Å²) in [7, 11) is 0. The zero-order valence-corrected chi connectivity index (χ0v) is 5.17. The molecule has 0 saturated carbocycles. The molecule has 1 aliphatic heterocycles. The van der Waals surface area contributed by atoms with Gasteiger partial charge < -0.3 is 10.5 Å². The second-order valence-corrected chi connectivity index (χ2v) is 1.99. The third kappa shape index (κ3) is 1.85. The van der Waals surface area contributed by atoms with E-state index in [0.29, 0.717) is 0 Å². The molecule has 3 heteroatoms. The van der Waals surface area contributed by atoms with Crippen LogP contribution in [0.4, 0.5) is 0 Å². The molecule has 50 valence electrons. The Hall–Kier alpha value is -0.830. The molecule has 0 radical (unpaired) electrons. The lowest BCUT2D eigenvalue weighted by molar-refractivity contribution is 0.321. The summed E-state index contributed by atoms with van der Waals surface area (Å²) in [6, 6.07) is 0. The van der Waals surface area contributed by atoms with Gasteiger partial charge >= 0.3 is 0 Å². The number of rotatable bonds is 1. The molecular weight excluding hydrogens is 116 g/mol. The van der Waals surface area contributed by atoms with Crippen molar-refractivity contribution in [1.82, 2.24) is 5.32 Å². The van der Waals surface area contributed by atoms with Gasteiger partial charge in [0, 0.05) is 6.54 Å². The van der Waals surface area contributed by atoms with Crippen LogP contribution in [0.1, 0.15) is 6.42 Å². The van der Waals surface area contributed by atoms with Gasteiger partial charge in [-0.1, -0.05) is 11.2 Å². The van der Waals surface area contributed by atoms with E-state index in [1.807, 2.05) is 0 Å². The molecule has 0 amide bonds. The van der Waals surface area contributed by atoms with Crippen molar-refractivity contribution in [3.63, 3.8) is 0 Å². The van der Waals surface area contributed by atoms with Gasteiger partial charge in [-0.15, -0.1) is 0 Å². The first kappa shape index (κ1) is 6.29. The molecular formula is C6H10N2O. The standard InChI is InChI=1S/C6H10N2O/c9-8-5-6-2-1-3-7-4-6/h2,5,7,9H,1,3-4H2/b8-5-. The molecule has 0 aromatic carbocycles. The summed E-state index contributed by atoms with van der Waals surface area (Å²) in [4.78, 5) is 0. The van der Waals surface area contributed by atoms with E-state index >= 15 is 0 Å². The Morgan fingerprint density at radius 2 is 2.67 bits per heavy atom. The molecule has 0 spiro atoms. The molecule has 0 aliphatic carbocycles. The van der Waals surface area contributed by atoms with Crippen LogP contribution in [-0.4, -0.2) is 24.5 Å². The van der Waals surface area contributed by atoms with Gasteiger partial charge in [-0.3, -0.25) is 0 Å². The second-order valence-electron chi connectivity index (χ2n) is 1.99. The molecule has 9 heavy (non-hydrogen) atoms. The van der Waals surface area contributed by atoms with E-state index in [4.69, 9.17) is 5.21 Å². The number of nitrogens with zero attached hydrogens (tertiary/aromatic N) is 1. The predicted octanol–water partition coefficient (Wildman–Crippen LogP) is 0.366. The van der Waals surface area contributed by atoms with Crippen LogP contribution < -0.4 is 5.32 Å². The Bertz CT molecular complexity index is 140. The zero-order valence-electron chi connectivity index (χ0n) is 5.17. The SMILES string of the molecule is O/N=C\C1=CCCNC1. The Kier molecular flexibility index (Phi) is 2.27. The van der Waals surface area contributed by atoms with Gasteiger partial charge in [-0.25, -0.2) is 0 Å². The van der Waals surface area contributed by atoms with Crippen LogP contribution in [0.15, 0.2) is 16.8 Å². The smallest absolute Gasteiger partial charge is 0.0703 e. The van der Waals surface area contributed by atoms with Crippen molar-refractivity contribution in [3.8, 4) is 0 Å². The largest absolute Gasteiger partial charge is 0.411 e. The van der Waals surface area contributed by atoms with Gasteiger partial charge in [0.25, 0.3) is 0 Å². The minimum absolute atomic E-state index is 0.823. The fourth-order valence-electron chi connectivity index (χ4n) is 0.837. The van der Waals surface area contributed by atoms with Crippen LogP contribution in [-0.2, 0) is 0 Å². The van der Waals surface area contributed by atoms with Crippen molar-refractivity contribution in [2.45, 2.75) is 6.42 Å². The summed E-state index contributed by atoms with van der Waals surface area (Å²) in [5.74, 6) is 0. The van der Waals surface area contributed by atoms with E-state index in [9.17, 15) is 0 Å². The Morgan fingerprint density at radius 1 is 1.78 bits per heavy atom. The first-order valence-corrected chi connectivity index (χ1v) is 3.00. The molecule has 1 rings (SSSR count). The summed E-state index contributed by atoms with van der Waals surface area (Å²) in [6.07, 6.45) is 4.56. The van der Waals surface area contributed by atoms with Gasteiger partial charge in [0.1, 0.15) is 0 Å². The predicted molar refractivity (Wildman–Crippen MR) is 35.8 cm³/mol. The van der Waals surface area contributed by atoms with E-state index in [-0.39, 0.29) is 0 Å². The number of nitrogens with one attached hydrogen (secondary N) is 1. The summed E-state index contributed by atoms with van der Waals surface area (Å²) in [5, 5.41) is 14.2. The molecule has 2 N–H and O–H groups in total. The number of hydrogen-bond donors (Lipinski definition) is 2. The second kappa shape index (κ2) is 3.25. The lowest BCUT2D eigenvalue weighted by atomic mass is 10.2. The highest BCUT2D eigenvalue weighted by atomic mass is 16.4. The Morgan fingerprint density at radius 3 is 3.22 bits per heavy atom. The maximum absolute atomic E-state index is 8.12. The fourth-order valence-corrected chi connectivity index (χ4v) is 0.837. The van der Waals surface area contributed by atoms with E-state index in [1.54, 1.807) is 0 Å². The molecule has 0 aromatic heterocycles.